The van der Waals surface area contributed by atoms with E-state index in [1.807, 2.05) is 48.5 Å². The number of hydrogen-bond acceptors (Lipinski definition) is 3. The molecule has 2 aromatic carbocycles. The number of carbonyl (C=O) groups excluding carboxylic acids is 1. The summed E-state index contributed by atoms with van der Waals surface area (Å²) in [7, 11) is 0. The van der Waals surface area contributed by atoms with E-state index in [1.54, 1.807) is 12.1 Å². The Labute approximate surface area is 111 Å². The molecule has 0 aliphatic carbocycles. The molecule has 0 unspecified atom stereocenters. The minimum absolute atomic E-state index is 0.0565. The molecule has 0 radical (unpaired) electrons. The van der Waals surface area contributed by atoms with Crippen molar-refractivity contribution in [3.8, 4) is 0 Å². The summed E-state index contributed by atoms with van der Waals surface area (Å²) in [4.78, 5) is 17.6. The van der Waals surface area contributed by atoms with E-state index in [0.717, 1.165) is 5.56 Å². The van der Waals surface area contributed by atoms with Gasteiger partial charge in [-0.2, -0.15) is 0 Å². The smallest absolute Gasteiger partial charge is 0.210 e. The van der Waals surface area contributed by atoms with Gasteiger partial charge in [0, 0.05) is 12.0 Å². The molecule has 3 rings (SSSR count). The van der Waals surface area contributed by atoms with E-state index in [4.69, 9.17) is 4.84 Å². The predicted molar refractivity (Wildman–Crippen MR) is 73.1 cm³/mol. The van der Waals surface area contributed by atoms with Crippen LogP contribution < -0.4 is 0 Å². The summed E-state index contributed by atoms with van der Waals surface area (Å²) in [6, 6.07) is 19.0. The van der Waals surface area contributed by atoms with Crippen LogP contribution in [0.15, 0.2) is 65.8 Å². The van der Waals surface area contributed by atoms with Gasteiger partial charge in [0.25, 0.3) is 0 Å². The Morgan fingerprint density at radius 3 is 2.32 bits per heavy atom. The van der Waals surface area contributed by atoms with Gasteiger partial charge in [0.15, 0.2) is 6.10 Å². The van der Waals surface area contributed by atoms with E-state index in [2.05, 4.69) is 5.16 Å². The Balaban J connectivity index is 1.74. The molecule has 0 amide bonds. The molecule has 0 bridgehead atoms. The van der Waals surface area contributed by atoms with Gasteiger partial charge >= 0.3 is 0 Å². The van der Waals surface area contributed by atoms with E-state index in [9.17, 15) is 4.79 Å². The molecule has 94 valence electrons. The van der Waals surface area contributed by atoms with Crippen LogP contribution in [0, 0.1) is 0 Å². The van der Waals surface area contributed by atoms with Crippen LogP contribution in [0.4, 0.5) is 0 Å². The number of hydrogen-bond donors (Lipinski definition) is 0. The van der Waals surface area contributed by atoms with Crippen LogP contribution in [-0.2, 0) is 4.84 Å². The van der Waals surface area contributed by atoms with Crippen LogP contribution in [-0.4, -0.2) is 11.5 Å². The number of ketones is 1. The molecule has 0 fully saturated rings. The number of rotatable bonds is 3. The maximum atomic E-state index is 12.2. The quantitative estimate of drug-likeness (QED) is 0.784. The Kier molecular flexibility index (Phi) is 3.11. The predicted octanol–water partition coefficient (Wildman–Crippen LogP) is 3.39. The summed E-state index contributed by atoms with van der Waals surface area (Å²) in [6.45, 7) is 0. The molecule has 1 aliphatic rings. The Bertz CT molecular complexity index is 605. The van der Waals surface area contributed by atoms with Gasteiger partial charge in [-0.1, -0.05) is 65.8 Å². The molecular weight excluding hydrogens is 238 g/mol. The maximum absolute atomic E-state index is 12.2. The fourth-order valence-electron chi connectivity index (χ4n) is 2.11. The lowest BCUT2D eigenvalue weighted by atomic mass is 9.99. The van der Waals surface area contributed by atoms with Gasteiger partial charge < -0.3 is 4.84 Å². The number of nitrogens with zero attached hydrogens (tertiary/aromatic N) is 1. The van der Waals surface area contributed by atoms with Crippen LogP contribution in [0.1, 0.15) is 28.4 Å². The topological polar surface area (TPSA) is 38.7 Å². The van der Waals surface area contributed by atoms with Gasteiger partial charge in [-0.3, -0.25) is 4.79 Å². The van der Waals surface area contributed by atoms with Crippen molar-refractivity contribution in [3.05, 3.63) is 71.8 Å². The molecule has 1 atom stereocenters. The zero-order valence-electron chi connectivity index (χ0n) is 10.3. The molecule has 1 aliphatic heterocycles. The fraction of sp³-hybridized carbons (Fsp3) is 0.125. The lowest BCUT2D eigenvalue weighted by molar-refractivity contribution is 0.0856. The summed E-state index contributed by atoms with van der Waals surface area (Å²) in [5, 5.41) is 3.94. The first kappa shape index (κ1) is 11.7. The molecule has 19 heavy (non-hydrogen) atoms. The third kappa shape index (κ3) is 2.40. The number of oxime groups is 1. The second-order valence-corrected chi connectivity index (χ2v) is 4.44. The first-order valence-corrected chi connectivity index (χ1v) is 6.22. The standard InChI is InChI=1S/C16H13NO2/c18-16(13-9-5-2-6-10-13)14-11-15(19-17-14)12-7-3-1-4-8-12/h1-10,15H,11H2/t15-/m1/s1. The molecule has 3 heteroatoms. The van der Waals surface area contributed by atoms with Gasteiger partial charge in [0.2, 0.25) is 5.78 Å². The highest BCUT2D eigenvalue weighted by molar-refractivity contribution is 6.46. The second-order valence-electron chi connectivity index (χ2n) is 4.44. The highest BCUT2D eigenvalue weighted by Crippen LogP contribution is 2.27. The van der Waals surface area contributed by atoms with E-state index < -0.39 is 0 Å². The summed E-state index contributed by atoms with van der Waals surface area (Å²) in [6.07, 6.45) is 0.376. The van der Waals surface area contributed by atoms with E-state index in [0.29, 0.717) is 17.7 Å². The lowest BCUT2D eigenvalue weighted by Gasteiger charge is -2.07. The van der Waals surface area contributed by atoms with Crippen molar-refractivity contribution in [3.63, 3.8) is 0 Å². The van der Waals surface area contributed by atoms with Crippen LogP contribution in [0.25, 0.3) is 0 Å². The van der Waals surface area contributed by atoms with Crippen LogP contribution in [0.2, 0.25) is 0 Å². The van der Waals surface area contributed by atoms with Gasteiger partial charge in [-0.25, -0.2) is 0 Å². The fourth-order valence-corrected chi connectivity index (χ4v) is 2.11. The summed E-state index contributed by atoms with van der Waals surface area (Å²) in [5.74, 6) is -0.0565. The maximum Gasteiger partial charge on any atom is 0.210 e. The summed E-state index contributed by atoms with van der Waals surface area (Å²) in [5.41, 5.74) is 2.18. The average Bonchev–Trinajstić information content (AvgIpc) is 2.98. The number of Topliss-reactive ketones (excluding diaryl/α,β-unsaturated/α-hetero) is 1. The van der Waals surface area contributed by atoms with Gasteiger partial charge in [-0.05, 0) is 5.56 Å². The molecule has 0 N–H and O–H groups in total. The van der Waals surface area contributed by atoms with Crippen molar-refractivity contribution in [1.29, 1.82) is 0 Å². The molecule has 0 saturated heterocycles. The molecule has 2 aromatic rings. The van der Waals surface area contributed by atoms with Crippen molar-refractivity contribution in [2.45, 2.75) is 12.5 Å². The van der Waals surface area contributed by atoms with Crippen molar-refractivity contribution in [2.24, 2.45) is 5.16 Å². The molecule has 0 spiro atoms. The third-order valence-corrected chi connectivity index (χ3v) is 3.14. The van der Waals surface area contributed by atoms with Crippen LogP contribution in [0.3, 0.4) is 0 Å². The molecule has 1 heterocycles. The van der Waals surface area contributed by atoms with Crippen LogP contribution >= 0.6 is 0 Å². The highest BCUT2D eigenvalue weighted by Gasteiger charge is 2.27. The monoisotopic (exact) mass is 251 g/mol. The zero-order valence-corrected chi connectivity index (χ0v) is 10.3. The first-order chi connectivity index (χ1) is 9.34. The van der Waals surface area contributed by atoms with Crippen molar-refractivity contribution >= 4 is 11.5 Å². The Morgan fingerprint density at radius 1 is 1.00 bits per heavy atom. The van der Waals surface area contributed by atoms with Crippen molar-refractivity contribution in [2.75, 3.05) is 0 Å². The Hall–Kier alpha value is -2.42. The Morgan fingerprint density at radius 2 is 1.63 bits per heavy atom. The molecule has 3 nitrogen and oxygen atoms in total. The summed E-state index contributed by atoms with van der Waals surface area (Å²) >= 11 is 0. The number of carbonyl (C=O) groups is 1. The highest BCUT2D eigenvalue weighted by atomic mass is 16.6. The zero-order chi connectivity index (χ0) is 13.1. The third-order valence-electron chi connectivity index (χ3n) is 3.14. The summed E-state index contributed by atoms with van der Waals surface area (Å²) < 4.78 is 0. The second kappa shape index (κ2) is 5.06. The minimum atomic E-state index is -0.149. The van der Waals surface area contributed by atoms with E-state index in [-0.39, 0.29) is 11.9 Å². The lowest BCUT2D eigenvalue weighted by Crippen LogP contribution is -2.13. The minimum Gasteiger partial charge on any atom is -0.387 e. The van der Waals surface area contributed by atoms with E-state index in [1.165, 1.54) is 0 Å². The largest absolute Gasteiger partial charge is 0.387 e. The van der Waals surface area contributed by atoms with Crippen molar-refractivity contribution in [1.82, 2.24) is 0 Å². The van der Waals surface area contributed by atoms with Gasteiger partial charge in [0.05, 0.1) is 0 Å². The van der Waals surface area contributed by atoms with E-state index >= 15 is 0 Å². The first-order valence-electron chi connectivity index (χ1n) is 6.22. The van der Waals surface area contributed by atoms with Gasteiger partial charge in [-0.15, -0.1) is 0 Å². The number of benzene rings is 2. The molecule has 0 aromatic heterocycles. The van der Waals surface area contributed by atoms with Crippen LogP contribution in [0.5, 0.6) is 0 Å². The van der Waals surface area contributed by atoms with Crippen molar-refractivity contribution < 1.29 is 9.63 Å². The van der Waals surface area contributed by atoms with Gasteiger partial charge in [0.1, 0.15) is 5.71 Å². The molecule has 0 saturated carbocycles. The molecular formula is C16H13NO2. The average molecular weight is 251 g/mol. The SMILES string of the molecule is O=C(C1=NO[C@@H](c2ccccc2)C1)c1ccccc1. The normalized spacial score (nSPS) is 17.7.